The molecule has 0 spiro atoms. The van der Waals surface area contributed by atoms with Gasteiger partial charge in [-0.25, -0.2) is 18.2 Å². The molecular formula is C22H12ClF3N2O. The van der Waals surface area contributed by atoms with E-state index in [-0.39, 0.29) is 16.4 Å². The van der Waals surface area contributed by atoms with Crippen LogP contribution in [0, 0.1) is 17.5 Å². The van der Waals surface area contributed by atoms with Crippen molar-refractivity contribution in [1.82, 2.24) is 9.55 Å². The van der Waals surface area contributed by atoms with Crippen molar-refractivity contribution < 1.29 is 13.2 Å². The van der Waals surface area contributed by atoms with Crippen LogP contribution in [0.15, 0.2) is 65.5 Å². The smallest absolute Gasteiger partial charge is 0.266 e. The molecule has 0 aliphatic heterocycles. The number of nitrogens with zero attached hydrogens (tertiary/aromatic N) is 2. The number of rotatable bonds is 3. The van der Waals surface area contributed by atoms with Crippen LogP contribution in [0.4, 0.5) is 13.2 Å². The molecule has 0 atom stereocenters. The van der Waals surface area contributed by atoms with Crippen LogP contribution < -0.4 is 5.56 Å². The Morgan fingerprint density at radius 3 is 2.38 bits per heavy atom. The number of hydrogen-bond acceptors (Lipinski definition) is 2. The summed E-state index contributed by atoms with van der Waals surface area (Å²) in [5.41, 5.74) is 0.801. The molecule has 0 N–H and O–H groups in total. The van der Waals surface area contributed by atoms with E-state index >= 15 is 0 Å². The topological polar surface area (TPSA) is 34.9 Å². The largest absolute Gasteiger partial charge is 0.268 e. The Morgan fingerprint density at radius 1 is 0.862 bits per heavy atom. The minimum absolute atomic E-state index is 0.141. The van der Waals surface area contributed by atoms with E-state index in [1.807, 2.05) is 0 Å². The molecule has 4 rings (SSSR count). The fourth-order valence-corrected chi connectivity index (χ4v) is 3.10. The Bertz CT molecular complexity index is 1330. The van der Waals surface area contributed by atoms with Gasteiger partial charge < -0.3 is 0 Å². The number of halogens is 4. The maximum atomic E-state index is 13.6. The van der Waals surface area contributed by atoms with Crippen molar-refractivity contribution in [1.29, 1.82) is 0 Å². The third-order valence-corrected chi connectivity index (χ3v) is 4.62. The zero-order chi connectivity index (χ0) is 20.5. The van der Waals surface area contributed by atoms with E-state index < -0.39 is 17.5 Å². The summed E-state index contributed by atoms with van der Waals surface area (Å²) in [4.78, 5) is 17.6. The van der Waals surface area contributed by atoms with Gasteiger partial charge in [0.05, 0.1) is 21.6 Å². The van der Waals surface area contributed by atoms with Gasteiger partial charge in [-0.05, 0) is 54.1 Å². The number of para-hydroxylation sites is 1. The molecular weight excluding hydrogens is 401 g/mol. The van der Waals surface area contributed by atoms with Crippen molar-refractivity contribution in [2.24, 2.45) is 0 Å². The van der Waals surface area contributed by atoms with E-state index in [9.17, 15) is 18.0 Å². The number of benzene rings is 3. The van der Waals surface area contributed by atoms with Gasteiger partial charge in [0, 0.05) is 0 Å². The highest BCUT2D eigenvalue weighted by molar-refractivity contribution is 6.30. The molecule has 3 aromatic carbocycles. The SMILES string of the molecule is O=c1c2ccccc2nc(/C=C/c2ccc(F)c(F)c2)n1-c1ccc(F)c(Cl)c1. The van der Waals surface area contributed by atoms with Gasteiger partial charge in [0.25, 0.3) is 5.56 Å². The van der Waals surface area contributed by atoms with E-state index in [0.717, 1.165) is 18.2 Å². The molecule has 4 aromatic rings. The molecule has 1 heterocycles. The average molecular weight is 413 g/mol. The van der Waals surface area contributed by atoms with Gasteiger partial charge in [0.1, 0.15) is 11.6 Å². The Morgan fingerprint density at radius 2 is 1.62 bits per heavy atom. The standard InChI is InChI=1S/C22H12ClF3N2O/c23-16-12-14(7-9-17(16)24)28-21(10-6-13-5-8-18(25)19(26)11-13)27-20-4-2-1-3-15(20)22(28)29/h1-12H/b10-6+. The first-order valence-electron chi connectivity index (χ1n) is 8.54. The summed E-state index contributed by atoms with van der Waals surface area (Å²) in [7, 11) is 0. The number of fused-ring (bicyclic) bond motifs is 1. The first-order valence-corrected chi connectivity index (χ1v) is 8.92. The van der Waals surface area contributed by atoms with Crippen LogP contribution in [-0.4, -0.2) is 9.55 Å². The second-order valence-electron chi connectivity index (χ2n) is 6.23. The van der Waals surface area contributed by atoms with Crippen LogP contribution in [0.3, 0.4) is 0 Å². The second-order valence-corrected chi connectivity index (χ2v) is 6.64. The predicted molar refractivity (Wildman–Crippen MR) is 108 cm³/mol. The van der Waals surface area contributed by atoms with Crippen molar-refractivity contribution in [3.63, 3.8) is 0 Å². The van der Waals surface area contributed by atoms with Crippen LogP contribution in [-0.2, 0) is 0 Å². The number of aromatic nitrogens is 2. The molecule has 0 aliphatic rings. The minimum Gasteiger partial charge on any atom is -0.268 e. The summed E-state index contributed by atoms with van der Waals surface area (Å²) in [5, 5.41) is 0.232. The molecule has 1 aromatic heterocycles. The Hall–Kier alpha value is -3.38. The molecule has 0 aliphatic carbocycles. The molecule has 0 unspecified atom stereocenters. The molecule has 0 amide bonds. The summed E-state index contributed by atoms with van der Waals surface area (Å²) < 4.78 is 41.5. The minimum atomic E-state index is -0.985. The molecule has 0 saturated carbocycles. The van der Waals surface area contributed by atoms with Crippen LogP contribution in [0.2, 0.25) is 5.02 Å². The molecule has 29 heavy (non-hydrogen) atoms. The van der Waals surface area contributed by atoms with Gasteiger partial charge in [-0.1, -0.05) is 35.9 Å². The lowest BCUT2D eigenvalue weighted by atomic mass is 10.2. The van der Waals surface area contributed by atoms with Crippen molar-refractivity contribution in [2.75, 3.05) is 0 Å². The Labute approximate surface area is 168 Å². The average Bonchev–Trinajstić information content (AvgIpc) is 2.71. The normalized spacial score (nSPS) is 11.4. The van der Waals surface area contributed by atoms with Crippen LogP contribution in [0.5, 0.6) is 0 Å². The van der Waals surface area contributed by atoms with E-state index in [4.69, 9.17) is 11.6 Å². The Balaban J connectivity index is 1.93. The van der Waals surface area contributed by atoms with Gasteiger partial charge in [0.2, 0.25) is 0 Å². The van der Waals surface area contributed by atoms with Gasteiger partial charge in [-0.3, -0.25) is 9.36 Å². The third-order valence-electron chi connectivity index (χ3n) is 4.33. The number of hydrogen-bond donors (Lipinski definition) is 0. The maximum Gasteiger partial charge on any atom is 0.266 e. The fraction of sp³-hybridized carbons (Fsp3) is 0. The molecule has 0 radical (unpaired) electrons. The van der Waals surface area contributed by atoms with E-state index in [0.29, 0.717) is 22.2 Å². The summed E-state index contributed by atoms with van der Waals surface area (Å²) in [6.07, 6.45) is 3.00. The monoisotopic (exact) mass is 412 g/mol. The lowest BCUT2D eigenvalue weighted by Crippen LogP contribution is -2.22. The van der Waals surface area contributed by atoms with Gasteiger partial charge in [0.15, 0.2) is 11.6 Å². The van der Waals surface area contributed by atoms with Gasteiger partial charge in [-0.15, -0.1) is 0 Å². The zero-order valence-electron chi connectivity index (χ0n) is 14.7. The van der Waals surface area contributed by atoms with Crippen molar-refractivity contribution >= 4 is 34.7 Å². The van der Waals surface area contributed by atoms with Crippen LogP contribution >= 0.6 is 11.6 Å². The van der Waals surface area contributed by atoms with Crippen molar-refractivity contribution in [3.05, 3.63) is 105 Å². The molecule has 0 saturated heterocycles. The van der Waals surface area contributed by atoms with Crippen molar-refractivity contribution in [3.8, 4) is 5.69 Å². The van der Waals surface area contributed by atoms with Gasteiger partial charge >= 0.3 is 0 Å². The van der Waals surface area contributed by atoms with Crippen LogP contribution in [0.1, 0.15) is 11.4 Å². The molecule has 144 valence electrons. The fourth-order valence-electron chi connectivity index (χ4n) is 2.92. The zero-order valence-corrected chi connectivity index (χ0v) is 15.5. The predicted octanol–water partition coefficient (Wildman–Crippen LogP) is 5.63. The lowest BCUT2D eigenvalue weighted by Gasteiger charge is -2.12. The lowest BCUT2D eigenvalue weighted by molar-refractivity contribution is 0.508. The highest BCUT2D eigenvalue weighted by Crippen LogP contribution is 2.21. The molecule has 0 fully saturated rings. The summed E-state index contributed by atoms with van der Waals surface area (Å²) in [6.45, 7) is 0. The summed E-state index contributed by atoms with van der Waals surface area (Å²) >= 11 is 5.89. The highest BCUT2D eigenvalue weighted by atomic mass is 35.5. The molecule has 7 heteroatoms. The van der Waals surface area contributed by atoms with E-state index in [1.54, 1.807) is 24.3 Å². The maximum absolute atomic E-state index is 13.6. The summed E-state index contributed by atoms with van der Waals surface area (Å²) in [5.74, 6) is -2.33. The quantitative estimate of drug-likeness (QED) is 0.437. The third kappa shape index (κ3) is 3.67. The molecule has 0 bridgehead atoms. The summed E-state index contributed by atoms with van der Waals surface area (Å²) in [6, 6.07) is 14.1. The first-order chi connectivity index (χ1) is 13.9. The second kappa shape index (κ2) is 7.56. The van der Waals surface area contributed by atoms with Gasteiger partial charge in [-0.2, -0.15) is 0 Å². The van der Waals surface area contributed by atoms with Crippen LogP contribution in [0.25, 0.3) is 28.7 Å². The Kier molecular flexibility index (Phi) is 4.94. The first kappa shape index (κ1) is 19.0. The van der Waals surface area contributed by atoms with Crippen molar-refractivity contribution in [2.45, 2.75) is 0 Å². The van der Waals surface area contributed by atoms with E-state index in [1.165, 1.54) is 34.9 Å². The highest BCUT2D eigenvalue weighted by Gasteiger charge is 2.12. The van der Waals surface area contributed by atoms with E-state index in [2.05, 4.69) is 4.98 Å². The molecule has 3 nitrogen and oxygen atoms in total.